The zero-order chi connectivity index (χ0) is 16.7. The molecule has 0 amide bonds. The second-order valence-electron chi connectivity index (χ2n) is 6.22. The second kappa shape index (κ2) is 7.58. The van der Waals surface area contributed by atoms with Gasteiger partial charge in [0.25, 0.3) is 0 Å². The Morgan fingerprint density at radius 1 is 0.783 bits per heavy atom. The van der Waals surface area contributed by atoms with Crippen molar-refractivity contribution in [1.29, 1.82) is 0 Å². The molecular weight excluding hydrogens is 288 g/mol. The van der Waals surface area contributed by atoms with Crippen molar-refractivity contribution in [2.45, 2.75) is 13.8 Å². The van der Waals surface area contributed by atoms with Crippen LogP contribution in [0, 0.1) is 5.41 Å². The molecule has 4 nitrogen and oxygen atoms in total. The largest absolute Gasteiger partial charge is 0.507 e. The van der Waals surface area contributed by atoms with Gasteiger partial charge in [0.2, 0.25) is 0 Å². The first-order valence-electron chi connectivity index (χ1n) is 7.54. The number of nitrogens with zero attached hydrogens (tertiary/aromatic N) is 2. The van der Waals surface area contributed by atoms with Gasteiger partial charge >= 0.3 is 0 Å². The van der Waals surface area contributed by atoms with Crippen molar-refractivity contribution in [3.05, 3.63) is 59.7 Å². The SMILES string of the molecule is CC(C)(C/N=C\c1ccccc1O)C/N=C\c1ccccc1O. The predicted molar refractivity (Wildman–Crippen MR) is 94.9 cm³/mol. The standard InChI is InChI=1S/C19H22N2O2/c1-19(2,13-20-11-15-7-3-5-9-17(15)22)14-21-12-16-8-4-6-10-18(16)23/h3-12,22-23H,13-14H2,1-2H3/b20-11-,21-12-. The van der Waals surface area contributed by atoms with Crippen LogP contribution in [-0.2, 0) is 0 Å². The van der Waals surface area contributed by atoms with Crippen LogP contribution in [0.5, 0.6) is 11.5 Å². The summed E-state index contributed by atoms with van der Waals surface area (Å²) in [5.74, 6) is 0.457. The zero-order valence-corrected chi connectivity index (χ0v) is 13.5. The first-order valence-corrected chi connectivity index (χ1v) is 7.54. The predicted octanol–water partition coefficient (Wildman–Crippen LogP) is 3.66. The third kappa shape index (κ3) is 5.25. The summed E-state index contributed by atoms with van der Waals surface area (Å²) in [7, 11) is 0. The Kier molecular flexibility index (Phi) is 5.52. The van der Waals surface area contributed by atoms with E-state index in [4.69, 9.17) is 0 Å². The van der Waals surface area contributed by atoms with E-state index in [2.05, 4.69) is 23.8 Å². The van der Waals surface area contributed by atoms with Gasteiger partial charge in [-0.05, 0) is 24.3 Å². The lowest BCUT2D eigenvalue weighted by molar-refractivity contribution is 0.396. The van der Waals surface area contributed by atoms with E-state index in [1.54, 1.807) is 36.7 Å². The first kappa shape index (κ1) is 16.7. The summed E-state index contributed by atoms with van der Waals surface area (Å²) in [5.41, 5.74) is 1.31. The highest BCUT2D eigenvalue weighted by atomic mass is 16.3. The third-order valence-electron chi connectivity index (χ3n) is 3.37. The third-order valence-corrected chi connectivity index (χ3v) is 3.37. The highest BCUT2D eigenvalue weighted by molar-refractivity contribution is 5.83. The Morgan fingerprint density at radius 2 is 1.17 bits per heavy atom. The molecule has 2 aromatic rings. The minimum absolute atomic E-state index is 0.109. The molecule has 0 atom stereocenters. The van der Waals surface area contributed by atoms with Crippen LogP contribution in [-0.4, -0.2) is 35.7 Å². The van der Waals surface area contributed by atoms with E-state index in [0.29, 0.717) is 24.2 Å². The Morgan fingerprint density at radius 3 is 1.57 bits per heavy atom. The monoisotopic (exact) mass is 310 g/mol. The number of phenols is 2. The van der Waals surface area contributed by atoms with Crippen molar-refractivity contribution in [2.24, 2.45) is 15.4 Å². The molecule has 0 saturated carbocycles. The number of para-hydroxylation sites is 2. The van der Waals surface area contributed by atoms with Gasteiger partial charge in [-0.15, -0.1) is 0 Å². The van der Waals surface area contributed by atoms with Crippen LogP contribution in [0.2, 0.25) is 0 Å². The van der Waals surface area contributed by atoms with E-state index in [1.807, 2.05) is 24.3 Å². The molecule has 0 bridgehead atoms. The number of phenolic OH excluding ortho intramolecular Hbond substituents is 2. The van der Waals surface area contributed by atoms with Crippen LogP contribution >= 0.6 is 0 Å². The molecule has 2 rings (SSSR count). The summed E-state index contributed by atoms with van der Waals surface area (Å²) < 4.78 is 0. The molecule has 0 unspecified atom stereocenters. The lowest BCUT2D eigenvalue weighted by atomic mass is 9.94. The van der Waals surface area contributed by atoms with E-state index in [1.165, 1.54) is 0 Å². The Bertz CT molecular complexity index is 647. The molecule has 0 saturated heterocycles. The highest BCUT2D eigenvalue weighted by Crippen LogP contribution is 2.18. The maximum atomic E-state index is 9.69. The Balaban J connectivity index is 1.92. The summed E-state index contributed by atoms with van der Waals surface area (Å²) in [6.45, 7) is 5.35. The molecule has 0 aliphatic rings. The molecule has 4 heteroatoms. The smallest absolute Gasteiger partial charge is 0.124 e. The van der Waals surface area contributed by atoms with Gasteiger partial charge in [-0.1, -0.05) is 38.1 Å². The van der Waals surface area contributed by atoms with Gasteiger partial charge in [0, 0.05) is 42.1 Å². The lowest BCUT2D eigenvalue weighted by Gasteiger charge is -2.19. The minimum Gasteiger partial charge on any atom is -0.507 e. The van der Waals surface area contributed by atoms with Crippen LogP contribution in [0.25, 0.3) is 0 Å². The number of aliphatic imine (C=N–C) groups is 2. The molecule has 120 valence electrons. The van der Waals surface area contributed by atoms with Gasteiger partial charge in [-0.25, -0.2) is 0 Å². The molecule has 0 radical (unpaired) electrons. The van der Waals surface area contributed by atoms with Gasteiger partial charge in [-0.2, -0.15) is 0 Å². The molecule has 0 fully saturated rings. The maximum Gasteiger partial charge on any atom is 0.124 e. The Labute approximate surface area is 136 Å². The molecule has 0 aromatic heterocycles. The maximum absolute atomic E-state index is 9.69. The van der Waals surface area contributed by atoms with Crippen molar-refractivity contribution >= 4 is 12.4 Å². The molecule has 0 aliphatic heterocycles. The van der Waals surface area contributed by atoms with Crippen LogP contribution in [0.1, 0.15) is 25.0 Å². The van der Waals surface area contributed by atoms with Gasteiger partial charge in [-0.3, -0.25) is 9.98 Å². The van der Waals surface area contributed by atoms with E-state index >= 15 is 0 Å². The van der Waals surface area contributed by atoms with E-state index in [-0.39, 0.29) is 16.9 Å². The molecule has 2 N–H and O–H groups in total. The van der Waals surface area contributed by atoms with E-state index in [9.17, 15) is 10.2 Å². The van der Waals surface area contributed by atoms with Crippen LogP contribution in [0.3, 0.4) is 0 Å². The quantitative estimate of drug-likeness (QED) is 0.800. The average Bonchev–Trinajstić information content (AvgIpc) is 2.51. The van der Waals surface area contributed by atoms with Crippen LogP contribution in [0.4, 0.5) is 0 Å². The Hall–Kier alpha value is -2.62. The number of aromatic hydroxyl groups is 2. The van der Waals surface area contributed by atoms with Crippen LogP contribution in [0.15, 0.2) is 58.5 Å². The van der Waals surface area contributed by atoms with Gasteiger partial charge in [0.05, 0.1) is 0 Å². The average molecular weight is 310 g/mol. The normalized spacial score (nSPS) is 12.3. The van der Waals surface area contributed by atoms with Crippen LogP contribution < -0.4 is 0 Å². The molecule has 0 heterocycles. The second-order valence-corrected chi connectivity index (χ2v) is 6.22. The molecule has 0 aliphatic carbocycles. The van der Waals surface area contributed by atoms with E-state index in [0.717, 1.165) is 0 Å². The zero-order valence-electron chi connectivity index (χ0n) is 13.5. The first-order chi connectivity index (χ1) is 11.0. The summed E-state index contributed by atoms with van der Waals surface area (Å²) in [6, 6.07) is 14.2. The minimum atomic E-state index is -0.109. The topological polar surface area (TPSA) is 65.2 Å². The number of hydrogen-bond acceptors (Lipinski definition) is 4. The summed E-state index contributed by atoms with van der Waals surface area (Å²) >= 11 is 0. The fourth-order valence-corrected chi connectivity index (χ4v) is 2.03. The summed E-state index contributed by atoms with van der Waals surface area (Å²) in [5, 5.41) is 19.4. The molecule has 23 heavy (non-hydrogen) atoms. The van der Waals surface area contributed by atoms with Crippen molar-refractivity contribution in [2.75, 3.05) is 13.1 Å². The van der Waals surface area contributed by atoms with Gasteiger partial charge < -0.3 is 10.2 Å². The molecular formula is C19H22N2O2. The molecule has 0 spiro atoms. The number of benzene rings is 2. The van der Waals surface area contributed by atoms with Crippen molar-refractivity contribution in [3.8, 4) is 11.5 Å². The fourth-order valence-electron chi connectivity index (χ4n) is 2.03. The number of hydrogen-bond donors (Lipinski definition) is 2. The lowest BCUT2D eigenvalue weighted by Crippen LogP contribution is -2.19. The fraction of sp³-hybridized carbons (Fsp3) is 0.263. The van der Waals surface area contributed by atoms with Crippen molar-refractivity contribution in [3.63, 3.8) is 0 Å². The number of rotatable bonds is 6. The van der Waals surface area contributed by atoms with E-state index < -0.39 is 0 Å². The molecule has 2 aromatic carbocycles. The van der Waals surface area contributed by atoms with Crippen molar-refractivity contribution < 1.29 is 10.2 Å². The summed E-state index contributed by atoms with van der Waals surface area (Å²) in [6.07, 6.45) is 3.37. The summed E-state index contributed by atoms with van der Waals surface area (Å²) in [4.78, 5) is 8.82. The van der Waals surface area contributed by atoms with Gasteiger partial charge in [0.1, 0.15) is 11.5 Å². The van der Waals surface area contributed by atoms with Crippen molar-refractivity contribution in [1.82, 2.24) is 0 Å². The van der Waals surface area contributed by atoms with Gasteiger partial charge in [0.15, 0.2) is 0 Å². The highest BCUT2D eigenvalue weighted by Gasteiger charge is 2.16.